The summed E-state index contributed by atoms with van der Waals surface area (Å²) in [5, 5.41) is 8.69. The fourth-order valence-corrected chi connectivity index (χ4v) is 2.09. The topological polar surface area (TPSA) is 70.1 Å². The number of amides is 2. The number of urea groups is 1. The van der Waals surface area contributed by atoms with Gasteiger partial charge < -0.3 is 14.7 Å². The number of para-hydroxylation sites is 2. The van der Waals surface area contributed by atoms with Crippen molar-refractivity contribution in [2.75, 3.05) is 31.6 Å². The highest BCUT2D eigenvalue weighted by atomic mass is 16.5. The average Bonchev–Trinajstić information content (AvgIpc) is 2.66. The summed E-state index contributed by atoms with van der Waals surface area (Å²) in [6, 6.07) is 7.18. The molecular weight excluding hydrogens is 260 g/mol. The second kappa shape index (κ2) is 6.27. The number of anilines is 1. The highest BCUT2D eigenvalue weighted by molar-refractivity contribution is 5.93. The first kappa shape index (κ1) is 14.2. The Labute approximate surface area is 117 Å². The van der Waals surface area contributed by atoms with Gasteiger partial charge in [-0.2, -0.15) is 0 Å². The van der Waals surface area contributed by atoms with Gasteiger partial charge in [-0.15, -0.1) is 0 Å². The molecule has 1 aromatic carbocycles. The smallest absolute Gasteiger partial charge is 0.324 e. The van der Waals surface area contributed by atoms with Gasteiger partial charge >= 0.3 is 12.0 Å². The summed E-state index contributed by atoms with van der Waals surface area (Å²) in [5.74, 6) is -0.228. The van der Waals surface area contributed by atoms with Gasteiger partial charge in [0.1, 0.15) is 5.75 Å². The molecule has 1 aliphatic heterocycles. The molecule has 0 fully saturated rings. The zero-order valence-corrected chi connectivity index (χ0v) is 11.4. The number of carbonyl (C=O) groups is 2. The van der Waals surface area contributed by atoms with Crippen LogP contribution in [0.4, 0.5) is 10.5 Å². The lowest BCUT2D eigenvalue weighted by Crippen LogP contribution is -2.42. The molecule has 0 aliphatic carbocycles. The third-order valence-electron chi connectivity index (χ3n) is 3.16. The first-order valence-corrected chi connectivity index (χ1v) is 6.56. The molecule has 2 rings (SSSR count). The van der Waals surface area contributed by atoms with Gasteiger partial charge in [-0.1, -0.05) is 12.1 Å². The second-order valence-corrected chi connectivity index (χ2v) is 4.67. The summed E-state index contributed by atoms with van der Waals surface area (Å²) >= 11 is 0. The van der Waals surface area contributed by atoms with E-state index in [1.54, 1.807) is 11.9 Å². The predicted molar refractivity (Wildman–Crippen MR) is 74.2 cm³/mol. The average molecular weight is 278 g/mol. The third-order valence-corrected chi connectivity index (χ3v) is 3.16. The maximum absolute atomic E-state index is 12.4. The van der Waals surface area contributed by atoms with Crippen LogP contribution in [0.2, 0.25) is 0 Å². The molecule has 1 aromatic rings. The van der Waals surface area contributed by atoms with Crippen LogP contribution >= 0.6 is 0 Å². The Hall–Kier alpha value is -2.24. The lowest BCUT2D eigenvalue weighted by atomic mass is 10.2. The molecule has 0 saturated heterocycles. The third kappa shape index (κ3) is 3.20. The number of nitrogens with zero attached hydrogens (tertiary/aromatic N) is 2. The summed E-state index contributed by atoms with van der Waals surface area (Å²) in [7, 11) is 1.61. The van der Waals surface area contributed by atoms with Gasteiger partial charge in [0.25, 0.3) is 0 Å². The Morgan fingerprint density at radius 1 is 1.40 bits per heavy atom. The van der Waals surface area contributed by atoms with E-state index >= 15 is 0 Å². The van der Waals surface area contributed by atoms with E-state index in [2.05, 4.69) is 0 Å². The van der Waals surface area contributed by atoms with Crippen LogP contribution in [0.3, 0.4) is 0 Å². The molecule has 108 valence electrons. The van der Waals surface area contributed by atoms with Crippen molar-refractivity contribution in [1.82, 2.24) is 4.90 Å². The lowest BCUT2D eigenvalue weighted by molar-refractivity contribution is -0.137. The number of ether oxygens (including phenoxy) is 1. The summed E-state index contributed by atoms with van der Waals surface area (Å²) in [6.45, 7) is 1.32. The molecule has 0 spiro atoms. The van der Waals surface area contributed by atoms with Crippen LogP contribution in [-0.2, 0) is 4.79 Å². The van der Waals surface area contributed by atoms with Crippen molar-refractivity contribution in [3.8, 4) is 5.75 Å². The number of carboxylic acids is 1. The molecular formula is C14H18N2O4. The van der Waals surface area contributed by atoms with Crippen molar-refractivity contribution in [2.45, 2.75) is 12.8 Å². The predicted octanol–water partition coefficient (Wildman–Crippen LogP) is 1.80. The van der Waals surface area contributed by atoms with Crippen molar-refractivity contribution in [2.24, 2.45) is 0 Å². The van der Waals surface area contributed by atoms with Crippen LogP contribution in [0.25, 0.3) is 0 Å². The largest absolute Gasteiger partial charge is 0.491 e. The molecule has 0 aromatic heterocycles. The van der Waals surface area contributed by atoms with Crippen molar-refractivity contribution < 1.29 is 19.4 Å². The first-order chi connectivity index (χ1) is 9.59. The summed E-state index contributed by atoms with van der Waals surface area (Å²) in [4.78, 5) is 26.1. The maximum atomic E-state index is 12.4. The Balaban J connectivity index is 2.14. The van der Waals surface area contributed by atoms with E-state index in [-0.39, 0.29) is 19.0 Å². The normalized spacial score (nSPS) is 13.9. The number of hydrogen-bond acceptors (Lipinski definition) is 3. The first-order valence-electron chi connectivity index (χ1n) is 6.56. The van der Waals surface area contributed by atoms with Gasteiger partial charge in [-0.25, -0.2) is 4.79 Å². The Morgan fingerprint density at radius 3 is 2.90 bits per heavy atom. The monoisotopic (exact) mass is 278 g/mol. The molecule has 0 atom stereocenters. The maximum Gasteiger partial charge on any atom is 0.324 e. The van der Waals surface area contributed by atoms with Gasteiger partial charge in [0.15, 0.2) is 0 Å². The van der Waals surface area contributed by atoms with Gasteiger partial charge in [0.05, 0.1) is 18.7 Å². The van der Waals surface area contributed by atoms with Crippen molar-refractivity contribution >= 4 is 17.7 Å². The molecule has 0 radical (unpaired) electrons. The van der Waals surface area contributed by atoms with E-state index in [0.717, 1.165) is 12.1 Å². The minimum absolute atomic E-state index is 0.0613. The summed E-state index contributed by atoms with van der Waals surface area (Å²) in [6.07, 6.45) is 0.682. The molecule has 1 N–H and O–H groups in total. The highest BCUT2D eigenvalue weighted by Gasteiger charge is 2.24. The molecule has 2 amide bonds. The van der Waals surface area contributed by atoms with Crippen LogP contribution in [0.1, 0.15) is 12.8 Å². The standard InChI is InChI=1S/C14H18N2O4/c1-15(9-7-13(17)18)14(19)16-8-4-10-20-12-6-3-2-5-11(12)16/h2-3,5-6H,4,7-10H2,1H3,(H,17,18). The molecule has 0 saturated carbocycles. The number of carboxylic acid groups (broad SMARTS) is 1. The van der Waals surface area contributed by atoms with Crippen molar-refractivity contribution in [1.29, 1.82) is 0 Å². The van der Waals surface area contributed by atoms with E-state index in [1.165, 1.54) is 4.90 Å². The number of aliphatic carboxylic acids is 1. The Kier molecular flexibility index (Phi) is 4.45. The fraction of sp³-hybridized carbons (Fsp3) is 0.429. The highest BCUT2D eigenvalue weighted by Crippen LogP contribution is 2.31. The van der Waals surface area contributed by atoms with Crippen LogP contribution in [0.15, 0.2) is 24.3 Å². The van der Waals surface area contributed by atoms with E-state index in [9.17, 15) is 9.59 Å². The van der Waals surface area contributed by atoms with E-state index in [4.69, 9.17) is 9.84 Å². The molecule has 20 heavy (non-hydrogen) atoms. The fourth-order valence-electron chi connectivity index (χ4n) is 2.09. The summed E-state index contributed by atoms with van der Waals surface area (Å²) < 4.78 is 5.60. The second-order valence-electron chi connectivity index (χ2n) is 4.67. The minimum Gasteiger partial charge on any atom is -0.491 e. The summed E-state index contributed by atoms with van der Waals surface area (Å²) in [5.41, 5.74) is 0.733. The number of hydrogen-bond donors (Lipinski definition) is 1. The van der Waals surface area contributed by atoms with Crippen molar-refractivity contribution in [3.63, 3.8) is 0 Å². The number of fused-ring (bicyclic) bond motifs is 1. The Bertz CT molecular complexity index is 504. The van der Waals surface area contributed by atoms with E-state index in [0.29, 0.717) is 18.9 Å². The van der Waals surface area contributed by atoms with Gasteiger partial charge in [0, 0.05) is 20.1 Å². The van der Waals surface area contributed by atoms with Crippen LogP contribution in [0, 0.1) is 0 Å². The van der Waals surface area contributed by atoms with Crippen LogP contribution < -0.4 is 9.64 Å². The molecule has 6 heteroatoms. The van der Waals surface area contributed by atoms with E-state index < -0.39 is 5.97 Å². The van der Waals surface area contributed by atoms with Gasteiger partial charge in [-0.3, -0.25) is 9.69 Å². The van der Waals surface area contributed by atoms with Gasteiger partial charge in [-0.05, 0) is 18.6 Å². The van der Waals surface area contributed by atoms with Crippen molar-refractivity contribution in [3.05, 3.63) is 24.3 Å². The Morgan fingerprint density at radius 2 is 2.15 bits per heavy atom. The molecule has 0 unspecified atom stereocenters. The quantitative estimate of drug-likeness (QED) is 0.915. The molecule has 0 bridgehead atoms. The number of rotatable bonds is 3. The lowest BCUT2D eigenvalue weighted by Gasteiger charge is -2.27. The van der Waals surface area contributed by atoms with E-state index in [1.807, 2.05) is 24.3 Å². The van der Waals surface area contributed by atoms with Crippen LogP contribution in [0.5, 0.6) is 5.75 Å². The molecule has 6 nitrogen and oxygen atoms in total. The SMILES string of the molecule is CN(CCC(=O)O)C(=O)N1CCCOc2ccccc21. The van der Waals surface area contributed by atoms with Crippen LogP contribution in [-0.4, -0.2) is 48.8 Å². The minimum atomic E-state index is -0.913. The molecule has 1 aliphatic rings. The van der Waals surface area contributed by atoms with Gasteiger partial charge in [0.2, 0.25) is 0 Å². The number of carbonyl (C=O) groups excluding carboxylic acids is 1. The zero-order chi connectivity index (χ0) is 14.5. The zero-order valence-electron chi connectivity index (χ0n) is 11.4. The molecule has 1 heterocycles. The number of benzene rings is 1.